The normalized spacial score (nSPS) is 23.9. The van der Waals surface area contributed by atoms with E-state index in [9.17, 15) is 9.18 Å². The van der Waals surface area contributed by atoms with E-state index >= 15 is 0 Å². The van der Waals surface area contributed by atoms with Crippen LogP contribution in [0.1, 0.15) is 31.7 Å². The van der Waals surface area contributed by atoms with Gasteiger partial charge in [-0.2, -0.15) is 0 Å². The van der Waals surface area contributed by atoms with E-state index in [4.69, 9.17) is 11.6 Å². The van der Waals surface area contributed by atoms with Gasteiger partial charge in [0.15, 0.2) is 5.78 Å². The lowest BCUT2D eigenvalue weighted by Gasteiger charge is -2.33. The summed E-state index contributed by atoms with van der Waals surface area (Å²) in [6.07, 6.45) is 3.03. The summed E-state index contributed by atoms with van der Waals surface area (Å²) in [4.78, 5) is 12.3. The van der Waals surface area contributed by atoms with Crippen LogP contribution >= 0.6 is 11.6 Å². The Labute approximate surface area is 112 Å². The molecule has 1 heterocycles. The molecule has 1 atom stereocenters. The molecular weight excluding hydrogens is 253 g/mol. The number of nitrogens with one attached hydrogen (secondary N) is 1. The number of halogens is 2. The van der Waals surface area contributed by atoms with Crippen molar-refractivity contribution in [1.82, 2.24) is 5.32 Å². The first-order valence-electron chi connectivity index (χ1n) is 6.24. The first-order valence-corrected chi connectivity index (χ1v) is 6.62. The van der Waals surface area contributed by atoms with E-state index in [0.29, 0.717) is 5.56 Å². The number of ketones is 1. The first kappa shape index (κ1) is 13.5. The average molecular weight is 270 g/mol. The number of carbonyl (C=O) groups is 1. The van der Waals surface area contributed by atoms with Gasteiger partial charge >= 0.3 is 0 Å². The second-order valence-electron chi connectivity index (χ2n) is 5.03. The van der Waals surface area contributed by atoms with E-state index in [0.717, 1.165) is 25.8 Å². The van der Waals surface area contributed by atoms with Gasteiger partial charge in [-0.1, -0.05) is 23.7 Å². The monoisotopic (exact) mass is 269 g/mol. The smallest absolute Gasteiger partial charge is 0.157 e. The Kier molecular flexibility index (Phi) is 4.03. The molecule has 1 aliphatic rings. The molecule has 2 nitrogen and oxygen atoms in total. The van der Waals surface area contributed by atoms with Crippen LogP contribution in [-0.2, 0) is 11.2 Å². The minimum Gasteiger partial charge on any atom is -0.305 e. The third kappa shape index (κ3) is 2.73. The molecule has 0 spiro atoms. The molecule has 1 aliphatic heterocycles. The highest BCUT2D eigenvalue weighted by Gasteiger charge is 2.34. The van der Waals surface area contributed by atoms with E-state index in [2.05, 4.69) is 5.32 Å². The van der Waals surface area contributed by atoms with Gasteiger partial charge in [0.25, 0.3) is 0 Å². The van der Waals surface area contributed by atoms with E-state index in [1.165, 1.54) is 6.07 Å². The number of benzene rings is 1. The third-order valence-electron chi connectivity index (χ3n) is 3.62. The van der Waals surface area contributed by atoms with Crippen molar-refractivity contribution in [2.75, 3.05) is 6.54 Å². The van der Waals surface area contributed by atoms with Crippen LogP contribution in [0.15, 0.2) is 18.2 Å². The highest BCUT2D eigenvalue weighted by molar-refractivity contribution is 6.30. The summed E-state index contributed by atoms with van der Waals surface area (Å²) in [5, 5.41) is 3.32. The van der Waals surface area contributed by atoms with Crippen LogP contribution in [0.2, 0.25) is 5.02 Å². The van der Waals surface area contributed by atoms with Crippen LogP contribution in [0, 0.1) is 5.82 Å². The summed E-state index contributed by atoms with van der Waals surface area (Å²) in [6.45, 7) is 2.75. The quantitative estimate of drug-likeness (QED) is 0.913. The summed E-state index contributed by atoms with van der Waals surface area (Å²) in [5.74, 6) is -0.449. The zero-order valence-electron chi connectivity index (χ0n) is 10.4. The second-order valence-corrected chi connectivity index (χ2v) is 5.44. The predicted octanol–water partition coefficient (Wildman–Crippen LogP) is 3.12. The summed E-state index contributed by atoms with van der Waals surface area (Å²) < 4.78 is 13.7. The summed E-state index contributed by atoms with van der Waals surface area (Å²) >= 11 is 5.72. The van der Waals surface area contributed by atoms with Crippen molar-refractivity contribution in [2.45, 2.75) is 38.1 Å². The van der Waals surface area contributed by atoms with Crippen LogP contribution in [0.25, 0.3) is 0 Å². The van der Waals surface area contributed by atoms with Gasteiger partial charge in [0, 0.05) is 6.42 Å². The van der Waals surface area contributed by atoms with Crippen molar-refractivity contribution in [3.05, 3.63) is 34.6 Å². The lowest BCUT2D eigenvalue weighted by molar-refractivity contribution is -0.125. The number of rotatable bonds is 3. The Bertz CT molecular complexity index is 455. The van der Waals surface area contributed by atoms with Gasteiger partial charge in [0.2, 0.25) is 0 Å². The first-order chi connectivity index (χ1) is 8.53. The van der Waals surface area contributed by atoms with Gasteiger partial charge in [0.05, 0.1) is 10.6 Å². The molecule has 18 heavy (non-hydrogen) atoms. The Balaban J connectivity index is 2.13. The predicted molar refractivity (Wildman–Crippen MR) is 70.4 cm³/mol. The van der Waals surface area contributed by atoms with Crippen molar-refractivity contribution < 1.29 is 9.18 Å². The molecule has 0 amide bonds. The number of carbonyl (C=O) groups excluding carboxylic acids is 1. The van der Waals surface area contributed by atoms with Gasteiger partial charge < -0.3 is 5.32 Å². The number of piperidine rings is 1. The highest BCUT2D eigenvalue weighted by Crippen LogP contribution is 2.24. The molecule has 4 heteroatoms. The third-order valence-corrected chi connectivity index (χ3v) is 3.91. The largest absolute Gasteiger partial charge is 0.305 e. The molecular formula is C14H17ClFNO. The summed E-state index contributed by atoms with van der Waals surface area (Å²) in [6, 6.07) is 4.78. The van der Waals surface area contributed by atoms with Gasteiger partial charge in [0.1, 0.15) is 5.82 Å². The van der Waals surface area contributed by atoms with Crippen LogP contribution in [0.3, 0.4) is 0 Å². The molecule has 1 aromatic rings. The van der Waals surface area contributed by atoms with Crippen molar-refractivity contribution in [2.24, 2.45) is 0 Å². The molecule has 1 fully saturated rings. The minimum atomic E-state index is -0.521. The van der Waals surface area contributed by atoms with Crippen LogP contribution in [-0.4, -0.2) is 17.9 Å². The van der Waals surface area contributed by atoms with Gasteiger partial charge in [-0.05, 0) is 44.4 Å². The Morgan fingerprint density at radius 3 is 2.94 bits per heavy atom. The fraction of sp³-hybridized carbons (Fsp3) is 0.500. The zero-order valence-corrected chi connectivity index (χ0v) is 11.2. The minimum absolute atomic E-state index is 0.0309. The fourth-order valence-corrected chi connectivity index (χ4v) is 2.54. The molecule has 2 rings (SSSR count). The van der Waals surface area contributed by atoms with Crippen molar-refractivity contribution >= 4 is 17.4 Å². The summed E-state index contributed by atoms with van der Waals surface area (Å²) in [5.41, 5.74) is -0.145. The van der Waals surface area contributed by atoms with E-state index in [-0.39, 0.29) is 17.2 Å². The Morgan fingerprint density at radius 2 is 2.28 bits per heavy atom. The maximum Gasteiger partial charge on any atom is 0.157 e. The molecule has 0 aromatic heterocycles. The Morgan fingerprint density at radius 1 is 1.50 bits per heavy atom. The van der Waals surface area contributed by atoms with Crippen LogP contribution in [0.4, 0.5) is 4.39 Å². The molecule has 1 N–H and O–H groups in total. The highest BCUT2D eigenvalue weighted by atomic mass is 35.5. The SMILES string of the molecule is CC1(C(=O)Cc2cccc(Cl)c2F)CCCCN1. The van der Waals surface area contributed by atoms with E-state index in [1.54, 1.807) is 12.1 Å². The van der Waals surface area contributed by atoms with Crippen LogP contribution < -0.4 is 5.32 Å². The average Bonchev–Trinajstić information content (AvgIpc) is 2.36. The zero-order chi connectivity index (χ0) is 13.2. The van der Waals surface area contributed by atoms with Crippen molar-refractivity contribution in [3.63, 3.8) is 0 Å². The maximum absolute atomic E-state index is 13.7. The molecule has 1 aromatic carbocycles. The molecule has 0 saturated carbocycles. The molecule has 98 valence electrons. The molecule has 0 bridgehead atoms. The number of Topliss-reactive ketones (excluding diaryl/α,β-unsaturated/α-hetero) is 1. The van der Waals surface area contributed by atoms with Gasteiger partial charge in [-0.3, -0.25) is 4.79 Å². The lowest BCUT2D eigenvalue weighted by atomic mass is 9.84. The lowest BCUT2D eigenvalue weighted by Crippen LogP contribution is -2.52. The number of hydrogen-bond donors (Lipinski definition) is 1. The molecule has 0 radical (unpaired) electrons. The molecule has 1 saturated heterocycles. The number of hydrogen-bond acceptors (Lipinski definition) is 2. The second kappa shape index (κ2) is 5.37. The molecule has 1 unspecified atom stereocenters. The van der Waals surface area contributed by atoms with E-state index < -0.39 is 11.4 Å². The fourth-order valence-electron chi connectivity index (χ4n) is 2.35. The van der Waals surface area contributed by atoms with Crippen molar-refractivity contribution in [1.29, 1.82) is 0 Å². The maximum atomic E-state index is 13.7. The van der Waals surface area contributed by atoms with Gasteiger partial charge in [-0.15, -0.1) is 0 Å². The molecule has 0 aliphatic carbocycles. The Hall–Kier alpha value is -0.930. The van der Waals surface area contributed by atoms with Gasteiger partial charge in [-0.25, -0.2) is 4.39 Å². The topological polar surface area (TPSA) is 29.1 Å². The summed E-state index contributed by atoms with van der Waals surface area (Å²) in [7, 11) is 0. The standard InChI is InChI=1S/C14H17ClFNO/c1-14(7-2-3-8-17-14)12(18)9-10-5-4-6-11(15)13(10)16/h4-6,17H,2-3,7-9H2,1H3. The van der Waals surface area contributed by atoms with Crippen molar-refractivity contribution in [3.8, 4) is 0 Å². The van der Waals surface area contributed by atoms with E-state index in [1.807, 2.05) is 6.92 Å². The van der Waals surface area contributed by atoms with Crippen LogP contribution in [0.5, 0.6) is 0 Å².